The molecule has 4 aromatic carbocycles. The molecule has 0 fully saturated rings. The fraction of sp³-hybridized carbons (Fsp3) is 0.133. The van der Waals surface area contributed by atoms with Gasteiger partial charge >= 0.3 is 0 Å². The maximum absolute atomic E-state index is 13.4. The van der Waals surface area contributed by atoms with Gasteiger partial charge in [0.2, 0.25) is 0 Å². The highest BCUT2D eigenvalue weighted by atomic mass is 32.2. The van der Waals surface area contributed by atoms with Gasteiger partial charge in [0.15, 0.2) is 11.5 Å². The highest BCUT2D eigenvalue weighted by molar-refractivity contribution is 7.92. The van der Waals surface area contributed by atoms with E-state index < -0.39 is 27.4 Å². The van der Waals surface area contributed by atoms with Crippen LogP contribution in [-0.2, 0) is 21.4 Å². The summed E-state index contributed by atoms with van der Waals surface area (Å²) in [5, 5.41) is 15.3. The summed E-state index contributed by atoms with van der Waals surface area (Å²) in [6.07, 6.45) is 1.38. The van der Waals surface area contributed by atoms with E-state index in [4.69, 9.17) is 9.47 Å². The van der Waals surface area contributed by atoms with Crippen molar-refractivity contribution in [1.29, 1.82) is 0 Å². The molecule has 0 radical (unpaired) electrons. The number of nitrogens with zero attached hydrogens (tertiary/aromatic N) is 3. The third-order valence-electron chi connectivity index (χ3n) is 5.85. The van der Waals surface area contributed by atoms with Gasteiger partial charge in [-0.1, -0.05) is 54.6 Å². The molecule has 0 aliphatic carbocycles. The van der Waals surface area contributed by atoms with Crippen LogP contribution in [0.4, 0.5) is 11.4 Å². The number of hydrogen-bond donors (Lipinski definition) is 1. The first-order chi connectivity index (χ1) is 20.3. The van der Waals surface area contributed by atoms with E-state index in [-0.39, 0.29) is 16.3 Å². The third-order valence-corrected chi connectivity index (χ3v) is 7.64. The second-order valence-corrected chi connectivity index (χ2v) is 10.7. The summed E-state index contributed by atoms with van der Waals surface area (Å²) < 4.78 is 39.3. The van der Waals surface area contributed by atoms with Gasteiger partial charge in [-0.2, -0.15) is 5.10 Å². The molecule has 4 rings (SSSR count). The van der Waals surface area contributed by atoms with E-state index >= 15 is 0 Å². The molecule has 0 aliphatic heterocycles. The second-order valence-electron chi connectivity index (χ2n) is 8.81. The number of rotatable bonds is 13. The van der Waals surface area contributed by atoms with Gasteiger partial charge in [-0.25, -0.2) is 13.8 Å². The summed E-state index contributed by atoms with van der Waals surface area (Å²) in [5.74, 6) is 0.278. The molecule has 4 aromatic rings. The van der Waals surface area contributed by atoms with E-state index in [2.05, 4.69) is 10.5 Å². The predicted octanol–water partition coefficient (Wildman–Crippen LogP) is 4.92. The number of hydrogen-bond acceptors (Lipinski definition) is 8. The van der Waals surface area contributed by atoms with Gasteiger partial charge in [0, 0.05) is 12.1 Å². The minimum atomic E-state index is -4.24. The largest absolute Gasteiger partial charge is 0.490 e. The van der Waals surface area contributed by atoms with Gasteiger partial charge in [-0.15, -0.1) is 0 Å². The molecule has 0 saturated carbocycles. The van der Waals surface area contributed by atoms with Crippen LogP contribution in [0.3, 0.4) is 0 Å². The van der Waals surface area contributed by atoms with Crippen molar-refractivity contribution >= 4 is 33.5 Å². The van der Waals surface area contributed by atoms with Crippen molar-refractivity contribution < 1.29 is 27.6 Å². The minimum absolute atomic E-state index is 0.0420. The molecule has 0 spiro atoms. The monoisotopic (exact) mass is 588 g/mol. The molecular weight excluding hydrogens is 560 g/mol. The van der Waals surface area contributed by atoms with Crippen LogP contribution in [0.2, 0.25) is 0 Å². The highest BCUT2D eigenvalue weighted by Crippen LogP contribution is 2.29. The molecule has 1 amide bonds. The minimum Gasteiger partial charge on any atom is -0.490 e. The number of carbonyl (C=O) groups excluding carboxylic acids is 1. The molecule has 0 aliphatic rings. The Kier molecular flexibility index (Phi) is 9.85. The predicted molar refractivity (Wildman–Crippen MR) is 158 cm³/mol. The van der Waals surface area contributed by atoms with Crippen molar-refractivity contribution in [3.05, 3.63) is 124 Å². The first kappa shape index (κ1) is 29.7. The van der Waals surface area contributed by atoms with Crippen LogP contribution in [0.15, 0.2) is 113 Å². The molecule has 12 heteroatoms. The maximum Gasteiger partial charge on any atom is 0.271 e. The van der Waals surface area contributed by atoms with Crippen LogP contribution in [0, 0.1) is 10.1 Å². The Bertz CT molecular complexity index is 1660. The first-order valence-corrected chi connectivity index (χ1v) is 14.3. The maximum atomic E-state index is 13.4. The van der Waals surface area contributed by atoms with Gasteiger partial charge in [-0.05, 0) is 54.4 Å². The lowest BCUT2D eigenvalue weighted by atomic mass is 10.2. The van der Waals surface area contributed by atoms with E-state index in [9.17, 15) is 23.3 Å². The van der Waals surface area contributed by atoms with Crippen molar-refractivity contribution in [1.82, 2.24) is 5.43 Å². The normalized spacial score (nSPS) is 11.2. The number of benzene rings is 4. The second kappa shape index (κ2) is 13.9. The lowest BCUT2D eigenvalue weighted by Crippen LogP contribution is -2.39. The van der Waals surface area contributed by atoms with Gasteiger partial charge in [0.25, 0.3) is 21.6 Å². The summed E-state index contributed by atoms with van der Waals surface area (Å²) in [7, 11) is -4.24. The average Bonchev–Trinajstić information content (AvgIpc) is 3.00. The third kappa shape index (κ3) is 7.70. The number of nitrogens with one attached hydrogen (secondary N) is 1. The number of carbonyl (C=O) groups is 1. The number of nitro benzene ring substituents is 1. The van der Waals surface area contributed by atoms with Crippen molar-refractivity contribution in [2.75, 3.05) is 17.5 Å². The number of hydrazone groups is 1. The molecular formula is C30H28N4O7S. The number of ether oxygens (including phenoxy) is 2. The number of sulfonamides is 1. The van der Waals surface area contributed by atoms with Gasteiger partial charge in [0.1, 0.15) is 13.2 Å². The molecule has 0 saturated heterocycles. The molecule has 0 bridgehead atoms. The molecule has 42 heavy (non-hydrogen) atoms. The fourth-order valence-electron chi connectivity index (χ4n) is 3.87. The number of non-ortho nitro benzene ring substituents is 1. The van der Waals surface area contributed by atoms with Crippen molar-refractivity contribution in [2.45, 2.75) is 18.4 Å². The summed E-state index contributed by atoms with van der Waals surface area (Å²) in [6.45, 7) is 1.94. The average molecular weight is 589 g/mol. The van der Waals surface area contributed by atoms with Crippen LogP contribution in [-0.4, -0.2) is 38.6 Å². The standard InChI is InChI=1S/C30H28N4O7S/c1-2-40-29-18-24(16-17-28(29)41-22-23-10-5-3-6-11-23)20-31-32-30(35)21-33(25-12-9-13-26(19-25)34(36)37)42(38,39)27-14-7-4-8-15-27/h3-20H,2,21-22H2,1H3,(H,32,35). The van der Waals surface area contributed by atoms with Crippen LogP contribution in [0.1, 0.15) is 18.1 Å². The number of nitro groups is 1. The fourth-order valence-corrected chi connectivity index (χ4v) is 5.30. The highest BCUT2D eigenvalue weighted by Gasteiger charge is 2.28. The Hall–Kier alpha value is -5.23. The molecule has 0 unspecified atom stereocenters. The van der Waals surface area contributed by atoms with Crippen LogP contribution in [0.5, 0.6) is 11.5 Å². The van der Waals surface area contributed by atoms with E-state index in [1.165, 1.54) is 48.7 Å². The lowest BCUT2D eigenvalue weighted by molar-refractivity contribution is -0.384. The van der Waals surface area contributed by atoms with Crippen LogP contribution >= 0.6 is 0 Å². The smallest absolute Gasteiger partial charge is 0.271 e. The first-order valence-electron chi connectivity index (χ1n) is 12.9. The molecule has 11 nitrogen and oxygen atoms in total. The number of anilines is 1. The van der Waals surface area contributed by atoms with E-state index in [0.29, 0.717) is 30.3 Å². The Morgan fingerprint density at radius 3 is 2.33 bits per heavy atom. The van der Waals surface area contributed by atoms with E-state index in [1.807, 2.05) is 37.3 Å². The molecule has 0 aromatic heterocycles. The Balaban J connectivity index is 1.49. The summed E-state index contributed by atoms with van der Waals surface area (Å²) in [6, 6.07) is 27.4. The van der Waals surface area contributed by atoms with E-state index in [0.717, 1.165) is 15.9 Å². The Morgan fingerprint density at radius 2 is 1.64 bits per heavy atom. The zero-order chi connectivity index (χ0) is 30.0. The van der Waals surface area contributed by atoms with Crippen molar-refractivity contribution in [3.63, 3.8) is 0 Å². The molecule has 0 heterocycles. The van der Waals surface area contributed by atoms with E-state index in [1.54, 1.807) is 24.3 Å². The van der Waals surface area contributed by atoms with Gasteiger partial charge in [0.05, 0.1) is 28.3 Å². The van der Waals surface area contributed by atoms with Gasteiger partial charge < -0.3 is 9.47 Å². The van der Waals surface area contributed by atoms with Crippen molar-refractivity contribution in [2.24, 2.45) is 5.10 Å². The zero-order valence-corrected chi connectivity index (χ0v) is 23.4. The Morgan fingerprint density at radius 1 is 0.929 bits per heavy atom. The van der Waals surface area contributed by atoms with Crippen LogP contribution in [0.25, 0.3) is 0 Å². The molecule has 216 valence electrons. The summed E-state index contributed by atoms with van der Waals surface area (Å²) in [4.78, 5) is 23.4. The summed E-state index contributed by atoms with van der Waals surface area (Å²) in [5.41, 5.74) is 3.56. The molecule has 1 N–H and O–H groups in total. The summed E-state index contributed by atoms with van der Waals surface area (Å²) >= 11 is 0. The quantitative estimate of drug-likeness (QED) is 0.133. The number of amides is 1. The Labute approximate surface area is 243 Å². The van der Waals surface area contributed by atoms with Gasteiger partial charge in [-0.3, -0.25) is 19.2 Å². The topological polar surface area (TPSA) is 140 Å². The SMILES string of the molecule is CCOc1cc(C=NNC(=O)CN(c2cccc([N+](=O)[O-])c2)S(=O)(=O)c2ccccc2)ccc1OCc1ccccc1. The van der Waals surface area contributed by atoms with Crippen LogP contribution < -0.4 is 19.2 Å². The van der Waals surface area contributed by atoms with Crippen molar-refractivity contribution in [3.8, 4) is 11.5 Å². The zero-order valence-electron chi connectivity index (χ0n) is 22.6. The molecule has 0 atom stereocenters. The lowest BCUT2D eigenvalue weighted by Gasteiger charge is -2.23.